The summed E-state index contributed by atoms with van der Waals surface area (Å²) in [4.78, 5) is 13.3. The first kappa shape index (κ1) is 12.4. The molecule has 1 fully saturated rings. The number of carbonyl (C=O) groups is 1. The number of nitrogens with zero attached hydrogens (tertiary/aromatic N) is 1. The van der Waals surface area contributed by atoms with Crippen LogP contribution < -0.4 is 4.74 Å². The zero-order valence-corrected chi connectivity index (χ0v) is 10.4. The average Bonchev–Trinajstić information content (AvgIpc) is 2.32. The number of carbonyl (C=O) groups excluding carboxylic acids is 1. The Morgan fingerprint density at radius 1 is 1.29 bits per heavy atom. The fourth-order valence-corrected chi connectivity index (χ4v) is 2.06. The van der Waals surface area contributed by atoms with E-state index >= 15 is 0 Å². The van der Waals surface area contributed by atoms with Gasteiger partial charge < -0.3 is 4.74 Å². The molecule has 3 nitrogen and oxygen atoms in total. The third-order valence-electron chi connectivity index (χ3n) is 2.89. The maximum atomic E-state index is 11.1. The predicted octanol–water partition coefficient (Wildman–Crippen LogP) is 2.38. The Hall–Kier alpha value is -1.06. The van der Waals surface area contributed by atoms with Crippen LogP contribution in [0.3, 0.4) is 0 Å². The summed E-state index contributed by atoms with van der Waals surface area (Å²) in [6.07, 6.45) is 1.36. The molecule has 0 aromatic heterocycles. The van der Waals surface area contributed by atoms with Crippen LogP contribution in [-0.2, 0) is 4.79 Å². The molecule has 0 atom stereocenters. The van der Waals surface area contributed by atoms with Gasteiger partial charge in [0.1, 0.15) is 18.1 Å². The van der Waals surface area contributed by atoms with E-state index < -0.39 is 0 Å². The summed E-state index contributed by atoms with van der Waals surface area (Å²) in [5.41, 5.74) is 0. The molecule has 17 heavy (non-hydrogen) atoms. The predicted molar refractivity (Wildman–Crippen MR) is 67.6 cm³/mol. The van der Waals surface area contributed by atoms with E-state index in [0.717, 1.165) is 25.4 Å². The van der Waals surface area contributed by atoms with Crippen LogP contribution in [0.15, 0.2) is 24.3 Å². The van der Waals surface area contributed by atoms with Gasteiger partial charge in [-0.05, 0) is 18.2 Å². The Morgan fingerprint density at radius 2 is 2.06 bits per heavy atom. The number of rotatable bonds is 4. The van der Waals surface area contributed by atoms with Crippen LogP contribution in [0.4, 0.5) is 0 Å². The molecule has 0 N–H and O–H groups in total. The number of halogens is 1. The maximum Gasteiger partial charge on any atom is 0.135 e. The van der Waals surface area contributed by atoms with Crippen molar-refractivity contribution in [1.29, 1.82) is 0 Å². The van der Waals surface area contributed by atoms with E-state index in [0.29, 0.717) is 30.3 Å². The fraction of sp³-hybridized carbons (Fsp3) is 0.462. The number of benzene rings is 1. The first-order valence-electron chi connectivity index (χ1n) is 5.86. The third kappa shape index (κ3) is 4.02. The molecular formula is C13H16ClNO2. The van der Waals surface area contributed by atoms with E-state index in [4.69, 9.17) is 16.3 Å². The molecule has 0 aliphatic carbocycles. The standard InChI is InChI=1S/C13H16ClNO2/c14-11-2-1-3-13(10-11)17-9-8-15-6-4-12(16)5-7-15/h1-3,10H,4-9H2. The number of piperidine rings is 1. The van der Waals surface area contributed by atoms with Crippen molar-refractivity contribution in [2.75, 3.05) is 26.2 Å². The Balaban J connectivity index is 1.71. The van der Waals surface area contributed by atoms with Gasteiger partial charge in [-0.2, -0.15) is 0 Å². The van der Waals surface area contributed by atoms with Gasteiger partial charge in [-0.25, -0.2) is 0 Å². The number of hydrogen-bond donors (Lipinski definition) is 0. The summed E-state index contributed by atoms with van der Waals surface area (Å²) in [5, 5.41) is 0.686. The summed E-state index contributed by atoms with van der Waals surface area (Å²) in [7, 11) is 0. The van der Waals surface area contributed by atoms with Gasteiger partial charge in [-0.3, -0.25) is 9.69 Å². The molecule has 1 aliphatic rings. The normalized spacial score (nSPS) is 17.1. The lowest BCUT2D eigenvalue weighted by Gasteiger charge is -2.25. The second-order valence-electron chi connectivity index (χ2n) is 4.19. The molecule has 4 heteroatoms. The minimum atomic E-state index is 0.372. The first-order valence-corrected chi connectivity index (χ1v) is 6.24. The highest BCUT2D eigenvalue weighted by Gasteiger charge is 2.15. The smallest absolute Gasteiger partial charge is 0.135 e. The van der Waals surface area contributed by atoms with Gasteiger partial charge in [0, 0.05) is 37.5 Å². The summed E-state index contributed by atoms with van der Waals surface area (Å²) in [5.74, 6) is 1.17. The van der Waals surface area contributed by atoms with Crippen molar-refractivity contribution in [3.63, 3.8) is 0 Å². The van der Waals surface area contributed by atoms with Crippen molar-refractivity contribution in [2.45, 2.75) is 12.8 Å². The highest BCUT2D eigenvalue weighted by molar-refractivity contribution is 6.30. The SMILES string of the molecule is O=C1CCN(CCOc2cccc(Cl)c2)CC1. The van der Waals surface area contributed by atoms with Crippen molar-refractivity contribution in [2.24, 2.45) is 0 Å². The van der Waals surface area contributed by atoms with Gasteiger partial charge in [0.2, 0.25) is 0 Å². The highest BCUT2D eigenvalue weighted by Crippen LogP contribution is 2.17. The molecule has 0 radical (unpaired) electrons. The quantitative estimate of drug-likeness (QED) is 0.825. The average molecular weight is 254 g/mol. The monoisotopic (exact) mass is 253 g/mol. The number of ether oxygens (including phenoxy) is 1. The van der Waals surface area contributed by atoms with E-state index in [1.165, 1.54) is 0 Å². The van der Waals surface area contributed by atoms with Crippen LogP contribution in [-0.4, -0.2) is 36.9 Å². The van der Waals surface area contributed by atoms with Crippen LogP contribution in [0.1, 0.15) is 12.8 Å². The zero-order valence-electron chi connectivity index (χ0n) is 9.69. The first-order chi connectivity index (χ1) is 8.24. The summed E-state index contributed by atoms with van der Waals surface area (Å²) < 4.78 is 5.61. The van der Waals surface area contributed by atoms with Crippen molar-refractivity contribution in [3.8, 4) is 5.75 Å². The summed E-state index contributed by atoms with van der Waals surface area (Å²) in [6, 6.07) is 7.40. The van der Waals surface area contributed by atoms with Crippen LogP contribution in [0.2, 0.25) is 5.02 Å². The van der Waals surface area contributed by atoms with Crippen LogP contribution in [0.5, 0.6) is 5.75 Å². The van der Waals surface area contributed by atoms with Gasteiger partial charge >= 0.3 is 0 Å². The molecule has 1 aromatic rings. The molecule has 0 amide bonds. The number of likely N-dealkylation sites (tertiary alicyclic amines) is 1. The van der Waals surface area contributed by atoms with Gasteiger partial charge in [0.05, 0.1) is 0 Å². The molecule has 0 bridgehead atoms. The molecule has 92 valence electrons. The Morgan fingerprint density at radius 3 is 2.76 bits per heavy atom. The Labute approximate surface area is 106 Å². The van der Waals surface area contributed by atoms with E-state index in [2.05, 4.69) is 4.90 Å². The molecule has 1 aliphatic heterocycles. The van der Waals surface area contributed by atoms with E-state index in [-0.39, 0.29) is 0 Å². The van der Waals surface area contributed by atoms with Crippen LogP contribution in [0, 0.1) is 0 Å². The molecule has 0 spiro atoms. The minimum Gasteiger partial charge on any atom is -0.492 e. The Kier molecular flexibility index (Phi) is 4.40. The molecule has 1 saturated heterocycles. The summed E-state index contributed by atoms with van der Waals surface area (Å²) in [6.45, 7) is 3.21. The third-order valence-corrected chi connectivity index (χ3v) is 3.12. The molecular weight excluding hydrogens is 238 g/mol. The van der Waals surface area contributed by atoms with E-state index in [1.54, 1.807) is 6.07 Å². The van der Waals surface area contributed by atoms with Crippen LogP contribution >= 0.6 is 11.6 Å². The second kappa shape index (κ2) is 6.03. The van der Waals surface area contributed by atoms with E-state index in [1.807, 2.05) is 18.2 Å². The van der Waals surface area contributed by atoms with Gasteiger partial charge in [0.25, 0.3) is 0 Å². The fourth-order valence-electron chi connectivity index (χ4n) is 1.88. The lowest BCUT2D eigenvalue weighted by atomic mass is 10.1. The molecule has 0 saturated carbocycles. The van der Waals surface area contributed by atoms with Gasteiger partial charge in [0.15, 0.2) is 0 Å². The highest BCUT2D eigenvalue weighted by atomic mass is 35.5. The van der Waals surface area contributed by atoms with Crippen molar-refractivity contribution in [1.82, 2.24) is 4.90 Å². The largest absolute Gasteiger partial charge is 0.492 e. The lowest BCUT2D eigenvalue weighted by molar-refractivity contribution is -0.121. The van der Waals surface area contributed by atoms with Crippen molar-refractivity contribution in [3.05, 3.63) is 29.3 Å². The minimum absolute atomic E-state index is 0.372. The van der Waals surface area contributed by atoms with Crippen molar-refractivity contribution < 1.29 is 9.53 Å². The van der Waals surface area contributed by atoms with Crippen LogP contribution in [0.25, 0.3) is 0 Å². The Bertz CT molecular complexity index is 385. The number of Topliss-reactive ketones (excluding diaryl/α,β-unsaturated/α-hetero) is 1. The van der Waals surface area contributed by atoms with Gasteiger partial charge in [-0.15, -0.1) is 0 Å². The van der Waals surface area contributed by atoms with Gasteiger partial charge in [-0.1, -0.05) is 17.7 Å². The second-order valence-corrected chi connectivity index (χ2v) is 4.62. The number of hydrogen-bond acceptors (Lipinski definition) is 3. The molecule has 2 rings (SSSR count). The molecule has 1 heterocycles. The van der Waals surface area contributed by atoms with Crippen molar-refractivity contribution >= 4 is 17.4 Å². The van der Waals surface area contributed by atoms with E-state index in [9.17, 15) is 4.79 Å². The zero-order chi connectivity index (χ0) is 12.1. The summed E-state index contributed by atoms with van der Waals surface area (Å²) >= 11 is 5.86. The molecule has 1 aromatic carbocycles. The molecule has 0 unspecified atom stereocenters. The topological polar surface area (TPSA) is 29.5 Å². The number of ketones is 1. The lowest BCUT2D eigenvalue weighted by Crippen LogP contribution is -2.36. The maximum absolute atomic E-state index is 11.1.